The molecule has 2 nitrogen and oxygen atoms in total. The number of allylic oxidation sites excluding steroid dienone is 3. The molecule has 10 heavy (non-hydrogen) atoms. The fourth-order valence-corrected chi connectivity index (χ4v) is 0.934. The molecule has 0 unspecified atom stereocenters. The predicted octanol–water partition coefficient (Wildman–Crippen LogP) is 0.939. The Morgan fingerprint density at radius 2 is 2.30 bits per heavy atom. The fraction of sp³-hybridized carbons (Fsp3) is 0.500. The minimum atomic E-state index is 0.994. The van der Waals surface area contributed by atoms with Crippen LogP contribution in [0.3, 0.4) is 0 Å². The van der Waals surface area contributed by atoms with Crippen LogP contribution in [-0.4, -0.2) is 24.7 Å². The van der Waals surface area contributed by atoms with E-state index in [1.54, 1.807) is 0 Å². The first kappa shape index (κ1) is 7.35. The Kier molecular flexibility index (Phi) is 3.03. The summed E-state index contributed by atoms with van der Waals surface area (Å²) >= 11 is 0. The van der Waals surface area contributed by atoms with Crippen LogP contribution in [0.1, 0.15) is 6.92 Å². The Hall–Kier alpha value is -0.760. The zero-order chi connectivity index (χ0) is 7.23. The van der Waals surface area contributed by atoms with E-state index in [1.165, 1.54) is 0 Å². The van der Waals surface area contributed by atoms with E-state index in [-0.39, 0.29) is 0 Å². The Morgan fingerprint density at radius 3 is 2.90 bits per heavy atom. The van der Waals surface area contributed by atoms with Gasteiger partial charge in [0, 0.05) is 19.3 Å². The average molecular weight is 138 g/mol. The lowest BCUT2D eigenvalue weighted by molar-refractivity contribution is 0.461. The molecule has 0 radical (unpaired) electrons. The Morgan fingerprint density at radius 1 is 1.40 bits per heavy atom. The zero-order valence-electron chi connectivity index (χ0n) is 6.38. The second-order valence-corrected chi connectivity index (χ2v) is 2.34. The molecule has 0 spiro atoms. The van der Waals surface area contributed by atoms with Crippen molar-refractivity contribution in [3.05, 3.63) is 24.4 Å². The number of hydrogen-bond acceptors (Lipinski definition) is 2. The lowest BCUT2D eigenvalue weighted by Crippen LogP contribution is -2.14. The maximum atomic E-state index is 3.25. The van der Waals surface area contributed by atoms with Crippen LogP contribution < -0.4 is 5.32 Å². The van der Waals surface area contributed by atoms with Gasteiger partial charge in [0.25, 0.3) is 0 Å². The zero-order valence-corrected chi connectivity index (χ0v) is 6.38. The molecule has 0 bridgehead atoms. The maximum absolute atomic E-state index is 3.25. The molecule has 1 aliphatic heterocycles. The van der Waals surface area contributed by atoms with E-state index in [0.717, 1.165) is 19.8 Å². The van der Waals surface area contributed by atoms with Crippen LogP contribution in [0.5, 0.6) is 0 Å². The van der Waals surface area contributed by atoms with Crippen molar-refractivity contribution in [3.63, 3.8) is 0 Å². The van der Waals surface area contributed by atoms with Crippen LogP contribution in [0.25, 0.3) is 0 Å². The number of nitrogens with zero attached hydrogens (tertiary/aromatic N) is 1. The van der Waals surface area contributed by atoms with Crippen molar-refractivity contribution in [1.82, 2.24) is 10.2 Å². The minimum Gasteiger partial charge on any atom is -0.364 e. The summed E-state index contributed by atoms with van der Waals surface area (Å²) in [6.07, 6.45) is 8.24. The molecular weight excluding hydrogens is 124 g/mol. The molecule has 0 atom stereocenters. The Balaban J connectivity index is 2.22. The highest BCUT2D eigenvalue weighted by atomic mass is 15.3. The van der Waals surface area contributed by atoms with Crippen molar-refractivity contribution < 1.29 is 0 Å². The molecule has 1 heterocycles. The van der Waals surface area contributed by atoms with Gasteiger partial charge < -0.3 is 4.90 Å². The number of rotatable bonds is 2. The van der Waals surface area contributed by atoms with Crippen LogP contribution in [0.4, 0.5) is 0 Å². The van der Waals surface area contributed by atoms with Crippen LogP contribution in [0, 0.1) is 0 Å². The monoisotopic (exact) mass is 138 g/mol. The summed E-state index contributed by atoms with van der Waals surface area (Å²) in [6.45, 7) is 5.26. The van der Waals surface area contributed by atoms with Crippen molar-refractivity contribution in [3.8, 4) is 0 Å². The first-order valence-corrected chi connectivity index (χ1v) is 3.68. The molecule has 0 aromatic rings. The predicted molar refractivity (Wildman–Crippen MR) is 43.5 cm³/mol. The summed E-state index contributed by atoms with van der Waals surface area (Å²) in [7, 11) is 0. The smallest absolute Gasteiger partial charge is 0.0677 e. The van der Waals surface area contributed by atoms with E-state index in [1.807, 2.05) is 19.1 Å². The van der Waals surface area contributed by atoms with Crippen molar-refractivity contribution in [2.24, 2.45) is 0 Å². The third-order valence-electron chi connectivity index (χ3n) is 1.49. The van der Waals surface area contributed by atoms with Gasteiger partial charge in [-0.2, -0.15) is 0 Å². The maximum Gasteiger partial charge on any atom is 0.0677 e. The minimum absolute atomic E-state index is 0.994. The molecule has 56 valence electrons. The van der Waals surface area contributed by atoms with Gasteiger partial charge in [0.2, 0.25) is 0 Å². The number of hydrogen-bond donors (Lipinski definition) is 1. The molecule has 0 aromatic carbocycles. The van der Waals surface area contributed by atoms with Gasteiger partial charge in [0.05, 0.1) is 6.67 Å². The first-order valence-electron chi connectivity index (χ1n) is 3.68. The Labute approximate surface area is 62.2 Å². The van der Waals surface area contributed by atoms with E-state index in [9.17, 15) is 0 Å². The molecule has 2 heteroatoms. The van der Waals surface area contributed by atoms with Crippen LogP contribution in [0.15, 0.2) is 24.4 Å². The molecule has 1 saturated heterocycles. The van der Waals surface area contributed by atoms with Crippen molar-refractivity contribution in [1.29, 1.82) is 0 Å². The highest BCUT2D eigenvalue weighted by Crippen LogP contribution is 1.92. The molecule has 1 N–H and O–H groups in total. The quantitative estimate of drug-likeness (QED) is 0.571. The highest BCUT2D eigenvalue weighted by molar-refractivity contribution is 5.01. The SMILES string of the molecule is CC=CC=CN1CCNC1. The molecule has 0 aliphatic carbocycles. The van der Waals surface area contributed by atoms with Gasteiger partial charge in [0.15, 0.2) is 0 Å². The third-order valence-corrected chi connectivity index (χ3v) is 1.49. The van der Waals surface area contributed by atoms with E-state index in [4.69, 9.17) is 0 Å². The molecule has 0 amide bonds. The number of nitrogens with one attached hydrogen (secondary N) is 1. The summed E-state index contributed by atoms with van der Waals surface area (Å²) in [4.78, 5) is 2.25. The van der Waals surface area contributed by atoms with E-state index >= 15 is 0 Å². The van der Waals surface area contributed by atoms with Crippen LogP contribution in [0.2, 0.25) is 0 Å². The molecule has 1 aliphatic rings. The second kappa shape index (κ2) is 4.12. The normalized spacial score (nSPS) is 19.9. The van der Waals surface area contributed by atoms with E-state index in [2.05, 4.69) is 22.5 Å². The van der Waals surface area contributed by atoms with Gasteiger partial charge in [-0.25, -0.2) is 0 Å². The van der Waals surface area contributed by atoms with Gasteiger partial charge in [0.1, 0.15) is 0 Å². The van der Waals surface area contributed by atoms with Crippen LogP contribution in [-0.2, 0) is 0 Å². The summed E-state index contributed by atoms with van der Waals surface area (Å²) in [5.41, 5.74) is 0. The first-order chi connectivity index (χ1) is 4.93. The molecule has 0 aromatic heterocycles. The van der Waals surface area contributed by atoms with Gasteiger partial charge in [-0.15, -0.1) is 0 Å². The lowest BCUT2D eigenvalue weighted by Gasteiger charge is -2.07. The van der Waals surface area contributed by atoms with Gasteiger partial charge >= 0.3 is 0 Å². The average Bonchev–Trinajstić information content (AvgIpc) is 2.41. The summed E-state index contributed by atoms with van der Waals surface area (Å²) < 4.78 is 0. The van der Waals surface area contributed by atoms with E-state index in [0.29, 0.717) is 0 Å². The van der Waals surface area contributed by atoms with Crippen molar-refractivity contribution in [2.75, 3.05) is 19.8 Å². The van der Waals surface area contributed by atoms with Crippen molar-refractivity contribution in [2.45, 2.75) is 6.92 Å². The van der Waals surface area contributed by atoms with Crippen molar-refractivity contribution >= 4 is 0 Å². The largest absolute Gasteiger partial charge is 0.364 e. The summed E-state index contributed by atoms with van der Waals surface area (Å²) in [5.74, 6) is 0. The van der Waals surface area contributed by atoms with E-state index < -0.39 is 0 Å². The lowest BCUT2D eigenvalue weighted by atomic mass is 10.5. The topological polar surface area (TPSA) is 15.3 Å². The van der Waals surface area contributed by atoms with Gasteiger partial charge in [-0.05, 0) is 13.0 Å². The molecule has 1 fully saturated rings. The molecule has 0 saturated carbocycles. The highest BCUT2D eigenvalue weighted by Gasteiger charge is 2.03. The standard InChI is InChI=1S/C8H14N2/c1-2-3-4-6-10-7-5-9-8-10/h2-4,6,9H,5,7-8H2,1H3. The second-order valence-electron chi connectivity index (χ2n) is 2.34. The molecule has 1 rings (SSSR count). The molecular formula is C8H14N2. The van der Waals surface area contributed by atoms with Crippen LogP contribution >= 0.6 is 0 Å². The fourth-order valence-electron chi connectivity index (χ4n) is 0.934. The summed E-state index contributed by atoms with van der Waals surface area (Å²) in [5, 5.41) is 3.25. The third kappa shape index (κ3) is 2.23. The Bertz CT molecular complexity index is 132. The van der Waals surface area contributed by atoms with Gasteiger partial charge in [-0.1, -0.05) is 12.2 Å². The summed E-state index contributed by atoms with van der Waals surface area (Å²) in [6, 6.07) is 0. The van der Waals surface area contributed by atoms with Gasteiger partial charge in [-0.3, -0.25) is 5.32 Å².